The van der Waals surface area contributed by atoms with E-state index in [4.69, 9.17) is 24.9 Å². The van der Waals surface area contributed by atoms with Gasteiger partial charge in [0.15, 0.2) is 0 Å². The zero-order valence-electron chi connectivity index (χ0n) is 13.3. The highest BCUT2D eigenvalue weighted by molar-refractivity contribution is 6.36. The summed E-state index contributed by atoms with van der Waals surface area (Å²) in [6, 6.07) is 17.8. The van der Waals surface area contributed by atoms with E-state index in [0.717, 1.165) is 60.2 Å². The first-order valence-corrected chi connectivity index (χ1v) is 8.76. The van der Waals surface area contributed by atoms with E-state index in [1.165, 1.54) is 0 Å². The Hall–Kier alpha value is -3.17. The molecule has 3 heterocycles. The average molecular weight is 357 g/mol. The van der Waals surface area contributed by atoms with Gasteiger partial charge in [-0.05, 0) is 23.6 Å². The van der Waals surface area contributed by atoms with Crippen molar-refractivity contribution in [3.05, 3.63) is 59.6 Å². The maximum absolute atomic E-state index is 6.46. The quantitative estimate of drug-likeness (QED) is 0.283. The van der Waals surface area contributed by atoms with Crippen LogP contribution in [0, 0.1) is 0 Å². The first kappa shape index (κ1) is 13.1. The third-order valence-corrected chi connectivity index (χ3v) is 5.50. The normalized spacial score (nSPS) is 12.8. The predicted octanol–water partition coefficient (Wildman–Crippen LogP) is 7.48. The smallest absolute Gasteiger partial charge is 0.147 e. The van der Waals surface area contributed by atoms with Gasteiger partial charge in [0.25, 0.3) is 0 Å². The minimum Gasteiger partial charge on any atom is -0.456 e. The van der Waals surface area contributed by atoms with Crippen LogP contribution in [-0.2, 0) is 0 Å². The Balaban J connectivity index is 2.00. The molecule has 0 aliphatic carbocycles. The molecule has 4 aromatic carbocycles. The molecule has 0 N–H and O–H groups in total. The molecule has 0 atom stereocenters. The second kappa shape index (κ2) is 4.14. The first-order valence-electron chi connectivity index (χ1n) is 8.38. The number of rotatable bonds is 0. The summed E-state index contributed by atoms with van der Waals surface area (Å²) in [7, 11) is 0. The summed E-state index contributed by atoms with van der Waals surface area (Å²) in [6.45, 7) is 0. The molecule has 0 unspecified atom stereocenters. The lowest BCUT2D eigenvalue weighted by Gasteiger charge is -2.01. The van der Waals surface area contributed by atoms with E-state index in [-0.39, 0.29) is 0 Å². The fourth-order valence-corrected chi connectivity index (χ4v) is 4.45. The van der Waals surface area contributed by atoms with Gasteiger partial charge in [0.2, 0.25) is 0 Å². The van der Waals surface area contributed by atoms with Gasteiger partial charge < -0.3 is 13.3 Å². The molecule has 0 aliphatic heterocycles. The van der Waals surface area contributed by atoms with E-state index in [0.29, 0.717) is 10.6 Å². The molecule has 0 spiro atoms. The Kier molecular flexibility index (Phi) is 2.08. The van der Waals surface area contributed by atoms with Crippen LogP contribution >= 0.6 is 11.6 Å². The zero-order valence-corrected chi connectivity index (χ0v) is 14.1. The molecule has 7 rings (SSSR count). The molecule has 26 heavy (non-hydrogen) atoms. The number of benzene rings is 4. The van der Waals surface area contributed by atoms with Crippen LogP contribution in [-0.4, -0.2) is 0 Å². The highest BCUT2D eigenvalue weighted by Gasteiger charge is 2.23. The number of hydrogen-bond donors (Lipinski definition) is 0. The monoisotopic (exact) mass is 356 g/mol. The Bertz CT molecular complexity index is 1640. The van der Waals surface area contributed by atoms with Crippen molar-refractivity contribution in [2.24, 2.45) is 0 Å². The molecule has 3 aromatic heterocycles. The van der Waals surface area contributed by atoms with E-state index >= 15 is 0 Å². The van der Waals surface area contributed by atoms with Crippen LogP contribution in [0.5, 0.6) is 0 Å². The summed E-state index contributed by atoms with van der Waals surface area (Å²) in [4.78, 5) is 0. The van der Waals surface area contributed by atoms with Crippen molar-refractivity contribution in [2.45, 2.75) is 0 Å². The first-order chi connectivity index (χ1) is 12.8. The number of furan rings is 2. The van der Waals surface area contributed by atoms with Crippen molar-refractivity contribution in [2.75, 3.05) is 0 Å². The van der Waals surface area contributed by atoms with E-state index in [1.54, 1.807) is 0 Å². The molecular formula is C22H9ClO3. The maximum Gasteiger partial charge on any atom is 0.147 e. The van der Waals surface area contributed by atoms with Crippen molar-refractivity contribution in [1.29, 1.82) is 0 Å². The standard InChI is InChI=1S/C22H9ClO3/c23-11-8-16-18-17(9-11)26-22-12-4-2-1-3-10(12)7-15-21(22)20-14(24-15)6-5-13(25-16)19(18)20/h1-9H. The summed E-state index contributed by atoms with van der Waals surface area (Å²) in [5, 5.41) is 6.71. The Morgan fingerprint density at radius 2 is 1.23 bits per heavy atom. The van der Waals surface area contributed by atoms with Crippen molar-refractivity contribution < 1.29 is 13.3 Å². The Morgan fingerprint density at radius 1 is 0.577 bits per heavy atom. The van der Waals surface area contributed by atoms with E-state index < -0.39 is 0 Å². The molecule has 0 radical (unpaired) electrons. The molecule has 0 aliphatic rings. The van der Waals surface area contributed by atoms with Gasteiger partial charge in [0, 0.05) is 33.3 Å². The zero-order chi connectivity index (χ0) is 17.0. The van der Waals surface area contributed by atoms with Crippen LogP contribution in [0.1, 0.15) is 0 Å². The molecule has 0 bridgehead atoms. The van der Waals surface area contributed by atoms with E-state index in [2.05, 4.69) is 18.2 Å². The summed E-state index contributed by atoms with van der Waals surface area (Å²) < 4.78 is 18.7. The number of fused-ring (bicyclic) bond motifs is 2. The summed E-state index contributed by atoms with van der Waals surface area (Å²) in [5.74, 6) is 0. The Labute approximate surface area is 150 Å². The summed E-state index contributed by atoms with van der Waals surface area (Å²) >= 11 is 6.33. The van der Waals surface area contributed by atoms with Gasteiger partial charge in [0.1, 0.15) is 33.5 Å². The summed E-state index contributed by atoms with van der Waals surface area (Å²) in [6.07, 6.45) is 0. The molecule has 0 saturated carbocycles. The highest BCUT2D eigenvalue weighted by Crippen LogP contribution is 2.46. The van der Waals surface area contributed by atoms with Crippen LogP contribution in [0.15, 0.2) is 67.8 Å². The van der Waals surface area contributed by atoms with Crippen LogP contribution in [0.2, 0.25) is 5.02 Å². The van der Waals surface area contributed by atoms with Gasteiger partial charge >= 0.3 is 0 Å². The predicted molar refractivity (Wildman–Crippen MR) is 104 cm³/mol. The second-order valence-corrected chi connectivity index (χ2v) is 7.13. The van der Waals surface area contributed by atoms with Crippen LogP contribution in [0.25, 0.3) is 65.8 Å². The fraction of sp³-hybridized carbons (Fsp3) is 0. The van der Waals surface area contributed by atoms with Crippen molar-refractivity contribution in [1.82, 2.24) is 0 Å². The molecule has 0 amide bonds. The molecule has 3 nitrogen and oxygen atoms in total. The van der Waals surface area contributed by atoms with Gasteiger partial charge in [-0.25, -0.2) is 0 Å². The molecule has 122 valence electrons. The maximum atomic E-state index is 6.46. The van der Waals surface area contributed by atoms with Crippen molar-refractivity contribution in [3.8, 4) is 0 Å². The SMILES string of the molecule is Clc1cc2oc3ccc4oc5cc6ccccc6c6oc(c1)c2c3c4c56. The minimum absolute atomic E-state index is 0.588. The van der Waals surface area contributed by atoms with Crippen LogP contribution in [0.4, 0.5) is 0 Å². The van der Waals surface area contributed by atoms with Gasteiger partial charge in [0.05, 0.1) is 10.8 Å². The lowest BCUT2D eigenvalue weighted by molar-refractivity contribution is 0.658. The van der Waals surface area contributed by atoms with Gasteiger partial charge in [-0.3, -0.25) is 0 Å². The third kappa shape index (κ3) is 1.39. The molecule has 0 fully saturated rings. The highest BCUT2D eigenvalue weighted by atomic mass is 35.5. The largest absolute Gasteiger partial charge is 0.456 e. The second-order valence-electron chi connectivity index (χ2n) is 6.70. The molecule has 7 aromatic rings. The fourth-order valence-electron chi connectivity index (χ4n) is 4.26. The van der Waals surface area contributed by atoms with Crippen molar-refractivity contribution >= 4 is 77.4 Å². The average Bonchev–Trinajstić information content (AvgIpc) is 3.13. The van der Waals surface area contributed by atoms with Crippen molar-refractivity contribution in [3.63, 3.8) is 0 Å². The lowest BCUT2D eigenvalue weighted by Crippen LogP contribution is -1.75. The van der Waals surface area contributed by atoms with Gasteiger partial charge in [-0.15, -0.1) is 0 Å². The third-order valence-electron chi connectivity index (χ3n) is 5.28. The van der Waals surface area contributed by atoms with Gasteiger partial charge in [-0.2, -0.15) is 0 Å². The van der Waals surface area contributed by atoms with Crippen LogP contribution < -0.4 is 0 Å². The lowest BCUT2D eigenvalue weighted by atomic mass is 10.0. The molecule has 0 saturated heterocycles. The number of halogens is 1. The minimum atomic E-state index is 0.588. The van der Waals surface area contributed by atoms with E-state index in [9.17, 15) is 0 Å². The van der Waals surface area contributed by atoms with Crippen LogP contribution in [0.3, 0.4) is 0 Å². The topological polar surface area (TPSA) is 39.4 Å². The number of hydrogen-bond acceptors (Lipinski definition) is 3. The Morgan fingerprint density at radius 3 is 2.04 bits per heavy atom. The van der Waals surface area contributed by atoms with E-state index in [1.807, 2.05) is 36.4 Å². The van der Waals surface area contributed by atoms with Gasteiger partial charge in [-0.1, -0.05) is 35.9 Å². The molecule has 4 heteroatoms. The summed E-state index contributed by atoms with van der Waals surface area (Å²) in [5.41, 5.74) is 4.70. The molecular weight excluding hydrogens is 348 g/mol.